The van der Waals surface area contributed by atoms with E-state index < -0.39 is 0 Å². The Morgan fingerprint density at radius 1 is 1.36 bits per heavy atom. The summed E-state index contributed by atoms with van der Waals surface area (Å²) in [5.41, 5.74) is 1.44. The number of ether oxygens (including phenoxy) is 1. The summed E-state index contributed by atoms with van der Waals surface area (Å²) >= 11 is 3.14. The fourth-order valence-electron chi connectivity index (χ4n) is 3.07. The molecule has 5 nitrogen and oxygen atoms in total. The first-order valence-corrected chi connectivity index (χ1v) is 10.3. The largest absolute Gasteiger partial charge is 0.373 e. The lowest BCUT2D eigenvalue weighted by atomic mass is 10.00. The molecular formula is C18H25N3O2S2. The maximum absolute atomic E-state index is 12.5. The van der Waals surface area contributed by atoms with Crippen molar-refractivity contribution in [3.63, 3.8) is 0 Å². The molecule has 0 saturated carbocycles. The first-order valence-electron chi connectivity index (χ1n) is 8.52. The van der Waals surface area contributed by atoms with Gasteiger partial charge in [0, 0.05) is 41.5 Å². The van der Waals surface area contributed by atoms with Gasteiger partial charge in [-0.2, -0.15) is 11.3 Å². The van der Waals surface area contributed by atoms with Crippen LogP contribution in [-0.4, -0.2) is 53.2 Å². The Kier molecular flexibility index (Phi) is 5.58. The Morgan fingerprint density at radius 2 is 2.08 bits per heavy atom. The van der Waals surface area contributed by atoms with Gasteiger partial charge in [0.2, 0.25) is 0 Å². The number of carbonyl (C=O) groups is 1. The molecule has 0 spiro atoms. The molecule has 0 bridgehead atoms. The highest BCUT2D eigenvalue weighted by molar-refractivity contribution is 7.14. The van der Waals surface area contributed by atoms with Crippen molar-refractivity contribution in [3.05, 3.63) is 27.9 Å². The normalized spacial score (nSPS) is 22.1. The van der Waals surface area contributed by atoms with Gasteiger partial charge in [0.25, 0.3) is 5.91 Å². The predicted octanol–water partition coefficient (Wildman–Crippen LogP) is 3.49. The minimum Gasteiger partial charge on any atom is -0.373 e. The first-order chi connectivity index (χ1) is 11.8. The molecule has 1 N–H and O–H groups in total. The Morgan fingerprint density at radius 3 is 2.72 bits per heavy atom. The van der Waals surface area contributed by atoms with Gasteiger partial charge in [0.05, 0.1) is 12.2 Å². The maximum Gasteiger partial charge on any atom is 0.270 e. The Hall–Kier alpha value is -1.28. The van der Waals surface area contributed by atoms with Gasteiger partial charge < -0.3 is 10.1 Å². The van der Waals surface area contributed by atoms with Crippen molar-refractivity contribution in [2.45, 2.75) is 45.4 Å². The minimum atomic E-state index is -0.131. The summed E-state index contributed by atoms with van der Waals surface area (Å²) in [6, 6.07) is 2.02. The number of carbonyl (C=O) groups excluding carboxylic acids is 1. The molecule has 0 aliphatic carbocycles. The molecule has 2 aromatic rings. The van der Waals surface area contributed by atoms with Gasteiger partial charge in [0.1, 0.15) is 10.7 Å². The van der Waals surface area contributed by atoms with Crippen molar-refractivity contribution in [1.82, 2.24) is 15.2 Å². The Bertz CT molecular complexity index is 702. The Labute approximate surface area is 157 Å². The van der Waals surface area contributed by atoms with Crippen molar-refractivity contribution in [1.29, 1.82) is 0 Å². The van der Waals surface area contributed by atoms with Crippen LogP contribution in [0.4, 0.5) is 0 Å². The summed E-state index contributed by atoms with van der Waals surface area (Å²) in [5, 5.41) is 9.83. The van der Waals surface area contributed by atoms with Crippen molar-refractivity contribution < 1.29 is 9.53 Å². The van der Waals surface area contributed by atoms with E-state index in [1.807, 2.05) is 22.2 Å². The third-order valence-corrected chi connectivity index (χ3v) is 6.04. The number of amides is 1. The topological polar surface area (TPSA) is 54.5 Å². The molecule has 2 unspecified atom stereocenters. The van der Waals surface area contributed by atoms with E-state index in [9.17, 15) is 4.79 Å². The highest BCUT2D eigenvalue weighted by Gasteiger charge is 2.33. The van der Waals surface area contributed by atoms with Crippen LogP contribution in [0.15, 0.2) is 22.2 Å². The van der Waals surface area contributed by atoms with Crippen molar-refractivity contribution in [2.24, 2.45) is 0 Å². The summed E-state index contributed by atoms with van der Waals surface area (Å²) in [4.78, 5) is 19.3. The van der Waals surface area contributed by atoms with Gasteiger partial charge in [-0.05, 0) is 39.1 Å². The van der Waals surface area contributed by atoms with Gasteiger partial charge in [-0.25, -0.2) is 4.98 Å². The fourth-order valence-corrected chi connectivity index (χ4v) is 4.58. The summed E-state index contributed by atoms with van der Waals surface area (Å²) in [6.07, 6.45) is 0.427. The average Bonchev–Trinajstić information content (AvgIpc) is 3.22. The van der Waals surface area contributed by atoms with Crippen LogP contribution in [0.3, 0.4) is 0 Å². The number of thiazole rings is 1. The van der Waals surface area contributed by atoms with Gasteiger partial charge in [-0.1, -0.05) is 0 Å². The first kappa shape index (κ1) is 18.5. The molecule has 7 heteroatoms. The van der Waals surface area contributed by atoms with Crippen LogP contribution in [0.1, 0.15) is 38.2 Å². The second kappa shape index (κ2) is 7.53. The lowest BCUT2D eigenvalue weighted by molar-refractivity contribution is -0.0948. The molecular weight excluding hydrogens is 354 g/mol. The monoisotopic (exact) mass is 379 g/mol. The van der Waals surface area contributed by atoms with Crippen molar-refractivity contribution >= 4 is 28.6 Å². The van der Waals surface area contributed by atoms with Crippen LogP contribution in [-0.2, 0) is 4.74 Å². The standard InChI is InChI=1S/C18H25N3O2S2/c1-12-7-21(8-13(2)23-12)18(3,4)11-19-16(22)15-10-25-17(20-15)14-5-6-24-9-14/h5-6,9-10,12-13H,7-8,11H2,1-4H3,(H,19,22). The van der Waals surface area contributed by atoms with Crippen LogP contribution in [0.5, 0.6) is 0 Å². The van der Waals surface area contributed by atoms with Gasteiger partial charge in [-0.3, -0.25) is 9.69 Å². The van der Waals surface area contributed by atoms with Crippen LogP contribution in [0.2, 0.25) is 0 Å². The summed E-state index contributed by atoms with van der Waals surface area (Å²) in [6.45, 7) is 10.9. The molecule has 136 valence electrons. The Balaban J connectivity index is 1.59. The van der Waals surface area contributed by atoms with E-state index in [0.717, 1.165) is 23.7 Å². The molecule has 0 aromatic carbocycles. The maximum atomic E-state index is 12.5. The number of nitrogens with zero attached hydrogens (tertiary/aromatic N) is 2. The zero-order valence-corrected chi connectivity index (χ0v) is 16.7. The van der Waals surface area contributed by atoms with Crippen LogP contribution in [0.25, 0.3) is 10.6 Å². The van der Waals surface area contributed by atoms with Crippen molar-refractivity contribution in [2.75, 3.05) is 19.6 Å². The molecule has 3 heterocycles. The SMILES string of the molecule is CC1CN(C(C)(C)CNC(=O)c2csc(-c3ccsc3)n2)CC(C)O1. The minimum absolute atomic E-state index is 0.111. The van der Waals surface area contributed by atoms with Crippen molar-refractivity contribution in [3.8, 4) is 10.6 Å². The third kappa shape index (κ3) is 4.47. The summed E-state index contributed by atoms with van der Waals surface area (Å²) < 4.78 is 5.81. The summed E-state index contributed by atoms with van der Waals surface area (Å²) in [5.74, 6) is -0.111. The van der Waals surface area contributed by atoms with Gasteiger partial charge >= 0.3 is 0 Å². The van der Waals surface area contributed by atoms with Crippen LogP contribution in [0, 0.1) is 0 Å². The third-order valence-electron chi connectivity index (χ3n) is 4.46. The predicted molar refractivity (Wildman–Crippen MR) is 103 cm³/mol. The second-order valence-corrected chi connectivity index (χ2v) is 8.85. The zero-order chi connectivity index (χ0) is 18.0. The van der Waals surface area contributed by atoms with E-state index >= 15 is 0 Å². The molecule has 3 rings (SSSR count). The molecule has 1 aliphatic rings. The number of thiophene rings is 1. The number of morpholine rings is 1. The van der Waals surface area contributed by atoms with Crippen LogP contribution >= 0.6 is 22.7 Å². The molecule has 2 aromatic heterocycles. The number of aromatic nitrogens is 1. The average molecular weight is 380 g/mol. The smallest absolute Gasteiger partial charge is 0.270 e. The molecule has 1 amide bonds. The number of rotatable bonds is 5. The van der Waals surface area contributed by atoms with Gasteiger partial charge in [-0.15, -0.1) is 11.3 Å². The molecule has 1 aliphatic heterocycles. The molecule has 2 atom stereocenters. The lowest BCUT2D eigenvalue weighted by Crippen LogP contribution is -2.58. The zero-order valence-electron chi connectivity index (χ0n) is 15.1. The van der Waals surface area contributed by atoms with E-state index in [1.54, 1.807) is 11.3 Å². The molecule has 25 heavy (non-hydrogen) atoms. The van der Waals surface area contributed by atoms with E-state index in [1.165, 1.54) is 11.3 Å². The van der Waals surface area contributed by atoms with E-state index in [-0.39, 0.29) is 23.7 Å². The molecule has 0 radical (unpaired) electrons. The van der Waals surface area contributed by atoms with E-state index in [2.05, 4.69) is 42.9 Å². The number of hydrogen-bond donors (Lipinski definition) is 1. The second-order valence-electron chi connectivity index (χ2n) is 7.21. The fraction of sp³-hybridized carbons (Fsp3) is 0.556. The molecule has 1 fully saturated rings. The quantitative estimate of drug-likeness (QED) is 0.864. The van der Waals surface area contributed by atoms with E-state index in [0.29, 0.717) is 12.2 Å². The van der Waals surface area contributed by atoms with Gasteiger partial charge in [0.15, 0.2) is 0 Å². The van der Waals surface area contributed by atoms with E-state index in [4.69, 9.17) is 4.74 Å². The number of nitrogens with one attached hydrogen (secondary N) is 1. The number of hydrogen-bond acceptors (Lipinski definition) is 6. The summed E-state index contributed by atoms with van der Waals surface area (Å²) in [7, 11) is 0. The lowest BCUT2D eigenvalue weighted by Gasteiger charge is -2.45. The highest BCUT2D eigenvalue weighted by atomic mass is 32.1. The molecule has 1 saturated heterocycles. The van der Waals surface area contributed by atoms with Crippen LogP contribution < -0.4 is 5.32 Å². The highest BCUT2D eigenvalue weighted by Crippen LogP contribution is 2.26.